The van der Waals surface area contributed by atoms with Gasteiger partial charge in [0.1, 0.15) is 6.10 Å². The second kappa shape index (κ2) is 13.6. The molecule has 0 heterocycles. The average Bonchev–Trinajstić information content (AvgIpc) is 2.91. The summed E-state index contributed by atoms with van der Waals surface area (Å²) in [6, 6.07) is 32.0. The van der Waals surface area contributed by atoms with Gasteiger partial charge in [0.05, 0.1) is 19.3 Å². The summed E-state index contributed by atoms with van der Waals surface area (Å²) >= 11 is 0. The first-order valence-electron chi connectivity index (χ1n) is 14.5. The van der Waals surface area contributed by atoms with E-state index in [-0.39, 0.29) is 22.3 Å². The van der Waals surface area contributed by atoms with Crippen LogP contribution in [0.2, 0.25) is 23.2 Å². The van der Waals surface area contributed by atoms with E-state index in [4.69, 9.17) is 13.6 Å². The predicted molar refractivity (Wildman–Crippen MR) is 175 cm³/mol. The van der Waals surface area contributed by atoms with Crippen LogP contribution in [0.4, 0.5) is 0 Å². The van der Waals surface area contributed by atoms with E-state index in [0.29, 0.717) is 19.6 Å². The lowest BCUT2D eigenvalue weighted by Crippen LogP contribution is -2.68. The zero-order valence-electron chi connectivity index (χ0n) is 25.9. The quantitative estimate of drug-likeness (QED) is 0.152. The number of ether oxygens (including phenoxy) is 1. The van der Waals surface area contributed by atoms with Crippen LogP contribution in [-0.2, 0) is 20.2 Å². The molecule has 0 saturated heterocycles. The molecular weight excluding hydrogens is 525 g/mol. The molecule has 0 saturated carbocycles. The number of rotatable bonds is 13. The normalized spacial score (nSPS) is 14.5. The molecule has 0 N–H and O–H groups in total. The standard InChI is InChI=1S/C35H50O3Si2/c1-10-20-32(33(28-37-39(8,9)34(2,3)4)36-27-29-21-14-11-15-22-29)38-40(35(5,6)7,30-23-16-12-17-24-30)31-25-18-13-19-26-31/h10-19,21-26,32-33H,1,20,27-28H2,2-9H3/t32-,33-/m0/s1. The third kappa shape index (κ3) is 7.71. The average molecular weight is 575 g/mol. The van der Waals surface area contributed by atoms with Crippen molar-refractivity contribution in [3.05, 3.63) is 109 Å². The van der Waals surface area contributed by atoms with Crippen LogP contribution in [0.15, 0.2) is 104 Å². The highest BCUT2D eigenvalue weighted by atomic mass is 28.4. The molecule has 0 aliphatic heterocycles. The van der Waals surface area contributed by atoms with Crippen LogP contribution in [0.1, 0.15) is 53.5 Å². The molecule has 0 fully saturated rings. The van der Waals surface area contributed by atoms with E-state index in [1.165, 1.54) is 10.4 Å². The molecule has 40 heavy (non-hydrogen) atoms. The molecule has 0 bridgehead atoms. The topological polar surface area (TPSA) is 27.7 Å². The third-order valence-corrected chi connectivity index (χ3v) is 17.8. The van der Waals surface area contributed by atoms with Crippen LogP contribution in [0, 0.1) is 0 Å². The van der Waals surface area contributed by atoms with Crippen LogP contribution in [0.25, 0.3) is 0 Å². The highest BCUT2D eigenvalue weighted by molar-refractivity contribution is 6.99. The molecular formula is C35H50O3Si2. The highest BCUT2D eigenvalue weighted by Crippen LogP contribution is 2.40. The van der Waals surface area contributed by atoms with Crippen molar-refractivity contribution >= 4 is 27.0 Å². The number of hydrogen-bond acceptors (Lipinski definition) is 3. The third-order valence-electron chi connectivity index (χ3n) is 8.28. The van der Waals surface area contributed by atoms with Crippen molar-refractivity contribution in [2.45, 2.75) is 89.9 Å². The van der Waals surface area contributed by atoms with Gasteiger partial charge in [-0.25, -0.2) is 0 Å². The molecule has 0 aromatic heterocycles. The molecule has 216 valence electrons. The fraction of sp³-hybridized carbons (Fsp3) is 0.429. The van der Waals surface area contributed by atoms with Crippen LogP contribution in [-0.4, -0.2) is 35.4 Å². The molecule has 0 spiro atoms. The van der Waals surface area contributed by atoms with E-state index >= 15 is 0 Å². The lowest BCUT2D eigenvalue weighted by atomic mass is 10.1. The maximum Gasteiger partial charge on any atom is 0.261 e. The second-order valence-corrected chi connectivity index (χ2v) is 22.3. The SMILES string of the molecule is C=CC[C@H](O[Si](c1ccccc1)(c1ccccc1)C(C)(C)C)[C@H](CO[Si](C)(C)C(C)(C)C)OCc1ccccc1. The van der Waals surface area contributed by atoms with Crippen LogP contribution < -0.4 is 10.4 Å². The lowest BCUT2D eigenvalue weighted by molar-refractivity contribution is -0.0604. The Hall–Kier alpha value is -2.29. The monoisotopic (exact) mass is 574 g/mol. The first-order chi connectivity index (χ1) is 18.8. The van der Waals surface area contributed by atoms with Gasteiger partial charge >= 0.3 is 0 Å². The highest BCUT2D eigenvalue weighted by Gasteiger charge is 2.52. The second-order valence-electron chi connectivity index (χ2n) is 13.3. The smallest absolute Gasteiger partial charge is 0.261 e. The zero-order valence-corrected chi connectivity index (χ0v) is 27.9. The van der Waals surface area contributed by atoms with Gasteiger partial charge in [0.25, 0.3) is 8.32 Å². The Balaban J connectivity index is 2.09. The van der Waals surface area contributed by atoms with Gasteiger partial charge in [0.2, 0.25) is 0 Å². The molecule has 3 nitrogen and oxygen atoms in total. The summed E-state index contributed by atoms with van der Waals surface area (Å²) in [5, 5.41) is 2.48. The van der Waals surface area contributed by atoms with E-state index < -0.39 is 16.6 Å². The number of hydrogen-bond donors (Lipinski definition) is 0. The molecule has 3 aromatic carbocycles. The number of benzene rings is 3. The zero-order chi connectivity index (χ0) is 29.4. The van der Waals surface area contributed by atoms with Crippen molar-refractivity contribution in [1.29, 1.82) is 0 Å². The summed E-state index contributed by atoms with van der Waals surface area (Å²) in [4.78, 5) is 0. The Kier molecular flexibility index (Phi) is 10.9. The van der Waals surface area contributed by atoms with E-state index in [1.807, 2.05) is 12.1 Å². The fourth-order valence-corrected chi connectivity index (χ4v) is 10.6. The van der Waals surface area contributed by atoms with Crippen LogP contribution >= 0.6 is 0 Å². The van der Waals surface area contributed by atoms with Crippen molar-refractivity contribution in [3.63, 3.8) is 0 Å². The summed E-state index contributed by atoms with van der Waals surface area (Å²) < 4.78 is 21.1. The van der Waals surface area contributed by atoms with Crippen molar-refractivity contribution in [1.82, 2.24) is 0 Å². The molecule has 3 aromatic rings. The van der Waals surface area contributed by atoms with Gasteiger partial charge in [-0.3, -0.25) is 0 Å². The Morgan fingerprint density at radius 1 is 0.700 bits per heavy atom. The van der Waals surface area contributed by atoms with Crippen molar-refractivity contribution in [3.8, 4) is 0 Å². The molecule has 0 aliphatic rings. The molecule has 0 unspecified atom stereocenters. The Labute approximate surface area is 245 Å². The van der Waals surface area contributed by atoms with E-state index in [9.17, 15) is 0 Å². The van der Waals surface area contributed by atoms with E-state index in [1.54, 1.807) is 0 Å². The molecule has 2 atom stereocenters. The lowest BCUT2D eigenvalue weighted by Gasteiger charge is -2.46. The maximum absolute atomic E-state index is 7.59. The Bertz CT molecular complexity index is 1130. The largest absolute Gasteiger partial charge is 0.414 e. The first kappa shape index (κ1) is 32.2. The van der Waals surface area contributed by atoms with Gasteiger partial charge in [-0.2, -0.15) is 0 Å². The van der Waals surface area contributed by atoms with Gasteiger partial charge in [0.15, 0.2) is 8.32 Å². The van der Waals surface area contributed by atoms with Gasteiger partial charge < -0.3 is 13.6 Å². The van der Waals surface area contributed by atoms with Crippen molar-refractivity contribution in [2.24, 2.45) is 0 Å². The van der Waals surface area contributed by atoms with Crippen LogP contribution in [0.5, 0.6) is 0 Å². The molecule has 0 radical (unpaired) electrons. The van der Waals surface area contributed by atoms with Crippen molar-refractivity contribution in [2.75, 3.05) is 6.61 Å². The molecule has 3 rings (SSSR count). The summed E-state index contributed by atoms with van der Waals surface area (Å²) in [6.07, 6.45) is 2.16. The first-order valence-corrected chi connectivity index (χ1v) is 19.3. The summed E-state index contributed by atoms with van der Waals surface area (Å²) in [7, 11) is -4.82. The minimum atomic E-state index is -2.80. The van der Waals surface area contributed by atoms with Crippen molar-refractivity contribution < 1.29 is 13.6 Å². The molecule has 5 heteroatoms. The van der Waals surface area contributed by atoms with Crippen LogP contribution in [0.3, 0.4) is 0 Å². The summed E-state index contributed by atoms with van der Waals surface area (Å²) in [5.41, 5.74) is 1.14. The minimum absolute atomic E-state index is 0.101. The Morgan fingerprint density at radius 3 is 1.60 bits per heavy atom. The van der Waals surface area contributed by atoms with Gasteiger partial charge in [0, 0.05) is 0 Å². The predicted octanol–water partition coefficient (Wildman–Crippen LogP) is 8.11. The van der Waals surface area contributed by atoms with E-state index in [0.717, 1.165) is 5.56 Å². The summed E-state index contributed by atoms with van der Waals surface area (Å²) in [6.45, 7) is 23.5. The van der Waals surface area contributed by atoms with Gasteiger partial charge in [-0.1, -0.05) is 139 Å². The van der Waals surface area contributed by atoms with E-state index in [2.05, 4.69) is 146 Å². The van der Waals surface area contributed by atoms with Gasteiger partial charge in [-0.15, -0.1) is 6.58 Å². The molecule has 0 aliphatic carbocycles. The molecule has 0 amide bonds. The fourth-order valence-electron chi connectivity index (χ4n) is 4.91. The Morgan fingerprint density at radius 2 is 1.18 bits per heavy atom. The maximum atomic E-state index is 7.59. The minimum Gasteiger partial charge on any atom is -0.414 e. The van der Waals surface area contributed by atoms with Gasteiger partial charge in [-0.05, 0) is 45.5 Å². The summed E-state index contributed by atoms with van der Waals surface area (Å²) in [5.74, 6) is 0.